The summed E-state index contributed by atoms with van der Waals surface area (Å²) in [7, 11) is 1.74. The van der Waals surface area contributed by atoms with Gasteiger partial charge in [0.15, 0.2) is 5.78 Å². The van der Waals surface area contributed by atoms with E-state index >= 15 is 0 Å². The standard InChI is InChI=1S/C13H15NO2/c1-14-8-3-2-7-12(13(14)16)10-5-4-6-11(15)9-10/h2-3,7-9,12H,4-6H2,1H3. The van der Waals surface area contributed by atoms with Gasteiger partial charge in [-0.05, 0) is 25.0 Å². The van der Waals surface area contributed by atoms with E-state index in [1.165, 1.54) is 0 Å². The molecule has 0 N–H and O–H groups in total. The second-order valence-corrected chi connectivity index (χ2v) is 4.19. The van der Waals surface area contributed by atoms with Crippen molar-refractivity contribution in [2.75, 3.05) is 7.05 Å². The monoisotopic (exact) mass is 217 g/mol. The van der Waals surface area contributed by atoms with E-state index in [0.29, 0.717) is 6.42 Å². The summed E-state index contributed by atoms with van der Waals surface area (Å²) < 4.78 is 0. The first-order chi connectivity index (χ1) is 7.68. The van der Waals surface area contributed by atoms with E-state index in [1.54, 1.807) is 24.2 Å². The zero-order chi connectivity index (χ0) is 11.5. The van der Waals surface area contributed by atoms with Gasteiger partial charge in [-0.25, -0.2) is 0 Å². The van der Waals surface area contributed by atoms with Crippen LogP contribution >= 0.6 is 0 Å². The van der Waals surface area contributed by atoms with Gasteiger partial charge in [0.2, 0.25) is 5.91 Å². The Balaban J connectivity index is 2.26. The van der Waals surface area contributed by atoms with Crippen LogP contribution in [0.25, 0.3) is 0 Å². The van der Waals surface area contributed by atoms with Crippen LogP contribution in [0.4, 0.5) is 0 Å². The number of rotatable bonds is 1. The van der Waals surface area contributed by atoms with Crippen LogP contribution in [0.3, 0.4) is 0 Å². The van der Waals surface area contributed by atoms with Gasteiger partial charge in [-0.3, -0.25) is 9.59 Å². The molecular formula is C13H15NO2. The third-order valence-corrected chi connectivity index (χ3v) is 2.97. The second-order valence-electron chi connectivity index (χ2n) is 4.19. The number of nitrogens with zero attached hydrogens (tertiary/aromatic N) is 1. The molecule has 1 aliphatic carbocycles. The molecule has 0 aromatic heterocycles. The predicted molar refractivity (Wildman–Crippen MR) is 61.5 cm³/mol. The molecular weight excluding hydrogens is 202 g/mol. The molecule has 0 fully saturated rings. The van der Waals surface area contributed by atoms with E-state index in [2.05, 4.69) is 0 Å². The smallest absolute Gasteiger partial charge is 0.237 e. The zero-order valence-corrected chi connectivity index (χ0v) is 9.35. The molecule has 1 unspecified atom stereocenters. The van der Waals surface area contributed by atoms with E-state index in [0.717, 1.165) is 18.4 Å². The number of amides is 1. The highest BCUT2D eigenvalue weighted by Crippen LogP contribution is 2.26. The van der Waals surface area contributed by atoms with Gasteiger partial charge < -0.3 is 4.90 Å². The van der Waals surface area contributed by atoms with E-state index in [1.807, 2.05) is 18.2 Å². The SMILES string of the molecule is CN1C=CC=CC(C2=CC(=O)CCC2)C1=O. The molecule has 1 heterocycles. The molecule has 84 valence electrons. The summed E-state index contributed by atoms with van der Waals surface area (Å²) in [5.74, 6) is -0.0856. The number of ketones is 1. The number of hydrogen-bond acceptors (Lipinski definition) is 2. The zero-order valence-electron chi connectivity index (χ0n) is 9.35. The van der Waals surface area contributed by atoms with Gasteiger partial charge in [0.05, 0.1) is 5.92 Å². The minimum absolute atomic E-state index is 0.0333. The lowest BCUT2D eigenvalue weighted by Gasteiger charge is -2.21. The Morgan fingerprint density at radius 3 is 2.81 bits per heavy atom. The third kappa shape index (κ3) is 2.13. The van der Waals surface area contributed by atoms with Crippen LogP contribution in [0.1, 0.15) is 19.3 Å². The normalized spacial score (nSPS) is 25.7. The highest BCUT2D eigenvalue weighted by molar-refractivity contribution is 5.93. The number of carbonyl (C=O) groups excluding carboxylic acids is 2. The van der Waals surface area contributed by atoms with Gasteiger partial charge >= 0.3 is 0 Å². The summed E-state index contributed by atoms with van der Waals surface area (Å²) in [5, 5.41) is 0. The Morgan fingerprint density at radius 1 is 1.25 bits per heavy atom. The molecule has 0 spiro atoms. The fourth-order valence-corrected chi connectivity index (χ4v) is 2.07. The first-order valence-electron chi connectivity index (χ1n) is 5.53. The van der Waals surface area contributed by atoms with Crippen molar-refractivity contribution in [3.05, 3.63) is 36.1 Å². The fraction of sp³-hybridized carbons (Fsp3) is 0.385. The van der Waals surface area contributed by atoms with Gasteiger partial charge in [-0.1, -0.05) is 17.7 Å². The lowest BCUT2D eigenvalue weighted by Crippen LogP contribution is -2.29. The molecule has 1 atom stereocenters. The van der Waals surface area contributed by atoms with Crippen molar-refractivity contribution >= 4 is 11.7 Å². The lowest BCUT2D eigenvalue weighted by atomic mass is 9.88. The van der Waals surface area contributed by atoms with E-state index in [-0.39, 0.29) is 17.6 Å². The summed E-state index contributed by atoms with van der Waals surface area (Å²) in [6.07, 6.45) is 11.3. The van der Waals surface area contributed by atoms with Gasteiger partial charge in [0, 0.05) is 19.7 Å². The van der Waals surface area contributed by atoms with Crippen LogP contribution < -0.4 is 0 Å². The van der Waals surface area contributed by atoms with Crippen molar-refractivity contribution in [1.82, 2.24) is 4.90 Å². The van der Waals surface area contributed by atoms with Gasteiger partial charge in [0.25, 0.3) is 0 Å². The largest absolute Gasteiger partial charge is 0.321 e. The van der Waals surface area contributed by atoms with Gasteiger partial charge in [-0.15, -0.1) is 0 Å². The maximum absolute atomic E-state index is 12.0. The summed E-state index contributed by atoms with van der Waals surface area (Å²) in [6.45, 7) is 0. The van der Waals surface area contributed by atoms with Crippen LogP contribution in [-0.4, -0.2) is 23.6 Å². The molecule has 0 aromatic carbocycles. The summed E-state index contributed by atoms with van der Waals surface area (Å²) >= 11 is 0. The summed E-state index contributed by atoms with van der Waals surface area (Å²) in [6, 6.07) is 0. The van der Waals surface area contributed by atoms with Gasteiger partial charge in [-0.2, -0.15) is 0 Å². The van der Waals surface area contributed by atoms with Crippen molar-refractivity contribution in [1.29, 1.82) is 0 Å². The Kier molecular flexibility index (Phi) is 3.04. The third-order valence-electron chi connectivity index (χ3n) is 2.97. The van der Waals surface area contributed by atoms with Crippen LogP contribution in [0.15, 0.2) is 36.1 Å². The Bertz CT molecular complexity index is 404. The molecule has 0 bridgehead atoms. The number of allylic oxidation sites excluding steroid dienone is 3. The average Bonchev–Trinajstić information content (AvgIpc) is 2.42. The molecule has 1 amide bonds. The summed E-state index contributed by atoms with van der Waals surface area (Å²) in [5.41, 5.74) is 0.952. The predicted octanol–water partition coefficient (Wildman–Crippen LogP) is 1.82. The molecule has 1 aliphatic heterocycles. The lowest BCUT2D eigenvalue weighted by molar-refractivity contribution is -0.129. The van der Waals surface area contributed by atoms with Crippen molar-refractivity contribution in [3.63, 3.8) is 0 Å². The highest BCUT2D eigenvalue weighted by Gasteiger charge is 2.25. The van der Waals surface area contributed by atoms with E-state index in [9.17, 15) is 9.59 Å². The average molecular weight is 217 g/mol. The molecule has 0 aromatic rings. The van der Waals surface area contributed by atoms with Crippen LogP contribution in [0.5, 0.6) is 0 Å². The molecule has 3 heteroatoms. The topological polar surface area (TPSA) is 37.4 Å². The van der Waals surface area contributed by atoms with E-state index in [4.69, 9.17) is 0 Å². The fourth-order valence-electron chi connectivity index (χ4n) is 2.07. The van der Waals surface area contributed by atoms with Crippen molar-refractivity contribution in [2.45, 2.75) is 19.3 Å². The van der Waals surface area contributed by atoms with Crippen LogP contribution in [0.2, 0.25) is 0 Å². The molecule has 2 rings (SSSR count). The Hall–Kier alpha value is -1.64. The number of hydrogen-bond donors (Lipinski definition) is 0. The van der Waals surface area contributed by atoms with Gasteiger partial charge in [0.1, 0.15) is 0 Å². The first-order valence-corrected chi connectivity index (χ1v) is 5.53. The second kappa shape index (κ2) is 4.47. The van der Waals surface area contributed by atoms with Crippen LogP contribution in [0, 0.1) is 5.92 Å². The van der Waals surface area contributed by atoms with E-state index < -0.39 is 0 Å². The molecule has 2 aliphatic rings. The molecule has 0 saturated carbocycles. The minimum Gasteiger partial charge on any atom is -0.321 e. The summed E-state index contributed by atoms with van der Waals surface area (Å²) in [4.78, 5) is 24.9. The van der Waals surface area contributed by atoms with Crippen molar-refractivity contribution < 1.29 is 9.59 Å². The maximum atomic E-state index is 12.0. The first kappa shape index (κ1) is 10.9. The molecule has 16 heavy (non-hydrogen) atoms. The number of carbonyl (C=O) groups is 2. The Morgan fingerprint density at radius 2 is 2.06 bits per heavy atom. The quantitative estimate of drug-likeness (QED) is 0.672. The van der Waals surface area contributed by atoms with Crippen molar-refractivity contribution in [3.8, 4) is 0 Å². The van der Waals surface area contributed by atoms with Crippen LogP contribution in [-0.2, 0) is 9.59 Å². The van der Waals surface area contributed by atoms with Crippen molar-refractivity contribution in [2.24, 2.45) is 5.92 Å². The minimum atomic E-state index is -0.260. The highest BCUT2D eigenvalue weighted by atomic mass is 16.2. The molecule has 0 saturated heterocycles. The molecule has 0 radical (unpaired) electrons. The Labute approximate surface area is 95.1 Å². The maximum Gasteiger partial charge on any atom is 0.237 e. The molecule has 3 nitrogen and oxygen atoms in total.